The molecule has 1 heterocycles. The number of halogens is 1. The second-order valence-electron chi connectivity index (χ2n) is 6.74. The molecule has 1 aromatic heterocycles. The zero-order chi connectivity index (χ0) is 20.2. The highest BCUT2D eigenvalue weighted by atomic mass is 35.5. The Bertz CT molecular complexity index is 1020. The number of aromatic nitrogens is 3. The third-order valence-corrected chi connectivity index (χ3v) is 4.69. The Balaban J connectivity index is 1.34. The SMILES string of the molecule is O=C(CNc1ccc(NC(=O)C2CC2)cc1)Nc1cc(Cl)ccc1-n1cncn1. The van der Waals surface area contributed by atoms with Gasteiger partial charge in [0.1, 0.15) is 12.7 Å². The van der Waals surface area contributed by atoms with Crippen LogP contribution in [0.2, 0.25) is 5.02 Å². The van der Waals surface area contributed by atoms with Crippen molar-refractivity contribution in [1.82, 2.24) is 14.8 Å². The van der Waals surface area contributed by atoms with E-state index in [1.807, 2.05) is 12.1 Å². The number of hydrogen-bond acceptors (Lipinski definition) is 5. The largest absolute Gasteiger partial charge is 0.376 e. The number of rotatable bonds is 7. The van der Waals surface area contributed by atoms with E-state index in [2.05, 4.69) is 26.0 Å². The molecule has 0 saturated heterocycles. The molecular formula is C20H19ClN6O2. The summed E-state index contributed by atoms with van der Waals surface area (Å²) >= 11 is 6.07. The van der Waals surface area contributed by atoms with Crippen molar-refractivity contribution >= 4 is 40.5 Å². The van der Waals surface area contributed by atoms with Gasteiger partial charge in [0.15, 0.2) is 0 Å². The van der Waals surface area contributed by atoms with Crippen LogP contribution < -0.4 is 16.0 Å². The average molecular weight is 411 g/mol. The van der Waals surface area contributed by atoms with Crippen LogP contribution >= 0.6 is 11.6 Å². The minimum absolute atomic E-state index is 0.0646. The first-order valence-corrected chi connectivity index (χ1v) is 9.55. The van der Waals surface area contributed by atoms with Gasteiger partial charge in [0, 0.05) is 22.3 Å². The molecule has 0 radical (unpaired) electrons. The topological polar surface area (TPSA) is 101 Å². The molecule has 1 fully saturated rings. The Morgan fingerprint density at radius 1 is 1.07 bits per heavy atom. The van der Waals surface area contributed by atoms with Gasteiger partial charge in [0.05, 0.1) is 17.9 Å². The lowest BCUT2D eigenvalue weighted by atomic mass is 10.2. The number of nitrogens with zero attached hydrogens (tertiary/aromatic N) is 3. The Morgan fingerprint density at radius 3 is 2.52 bits per heavy atom. The monoisotopic (exact) mass is 410 g/mol. The van der Waals surface area contributed by atoms with Gasteiger partial charge in [-0.2, -0.15) is 5.10 Å². The molecule has 0 aliphatic heterocycles. The summed E-state index contributed by atoms with van der Waals surface area (Å²) in [6.07, 6.45) is 4.89. The van der Waals surface area contributed by atoms with Gasteiger partial charge in [-0.1, -0.05) is 11.6 Å². The van der Waals surface area contributed by atoms with Crippen molar-refractivity contribution < 1.29 is 9.59 Å². The van der Waals surface area contributed by atoms with Gasteiger partial charge < -0.3 is 16.0 Å². The molecule has 1 aliphatic carbocycles. The van der Waals surface area contributed by atoms with Crippen LogP contribution in [0.5, 0.6) is 0 Å². The molecule has 2 amide bonds. The third kappa shape index (κ3) is 4.91. The van der Waals surface area contributed by atoms with Crippen molar-refractivity contribution in [3.8, 4) is 5.69 Å². The van der Waals surface area contributed by atoms with Crippen LogP contribution in [-0.4, -0.2) is 33.1 Å². The third-order valence-electron chi connectivity index (χ3n) is 4.45. The molecule has 0 atom stereocenters. The zero-order valence-corrected chi connectivity index (χ0v) is 16.2. The number of hydrogen-bond donors (Lipinski definition) is 3. The second kappa shape index (κ2) is 8.32. The number of amides is 2. The van der Waals surface area contributed by atoms with Crippen molar-refractivity contribution in [2.45, 2.75) is 12.8 Å². The van der Waals surface area contributed by atoms with E-state index in [-0.39, 0.29) is 24.3 Å². The normalized spacial score (nSPS) is 13.0. The number of benzene rings is 2. The molecule has 3 aromatic rings. The summed E-state index contributed by atoms with van der Waals surface area (Å²) < 4.78 is 1.55. The molecule has 1 saturated carbocycles. The number of nitrogens with one attached hydrogen (secondary N) is 3. The van der Waals surface area contributed by atoms with Gasteiger partial charge in [-0.15, -0.1) is 0 Å². The van der Waals surface area contributed by atoms with Crippen molar-refractivity contribution in [2.24, 2.45) is 5.92 Å². The summed E-state index contributed by atoms with van der Waals surface area (Å²) in [5.74, 6) is -0.0139. The van der Waals surface area contributed by atoms with Crippen LogP contribution in [-0.2, 0) is 9.59 Å². The summed E-state index contributed by atoms with van der Waals surface area (Å²) in [7, 11) is 0. The molecule has 0 spiro atoms. The first-order chi connectivity index (χ1) is 14.1. The predicted molar refractivity (Wildman–Crippen MR) is 111 cm³/mol. The maximum absolute atomic E-state index is 12.4. The highest BCUT2D eigenvalue weighted by molar-refractivity contribution is 6.31. The Morgan fingerprint density at radius 2 is 1.83 bits per heavy atom. The van der Waals surface area contributed by atoms with Crippen LogP contribution in [0, 0.1) is 5.92 Å². The molecule has 1 aliphatic rings. The van der Waals surface area contributed by atoms with Crippen LogP contribution in [0.3, 0.4) is 0 Å². The Hall–Kier alpha value is -3.39. The van der Waals surface area contributed by atoms with Gasteiger partial charge >= 0.3 is 0 Å². The van der Waals surface area contributed by atoms with E-state index >= 15 is 0 Å². The van der Waals surface area contributed by atoms with E-state index < -0.39 is 0 Å². The Labute approximate surface area is 172 Å². The number of carbonyl (C=O) groups is 2. The highest BCUT2D eigenvalue weighted by Crippen LogP contribution is 2.30. The van der Waals surface area contributed by atoms with Crippen LogP contribution in [0.15, 0.2) is 55.1 Å². The predicted octanol–water partition coefficient (Wildman–Crippen LogP) is 3.32. The highest BCUT2D eigenvalue weighted by Gasteiger charge is 2.29. The van der Waals surface area contributed by atoms with Crippen molar-refractivity contribution in [2.75, 3.05) is 22.5 Å². The lowest BCUT2D eigenvalue weighted by Gasteiger charge is -2.12. The number of carbonyl (C=O) groups excluding carboxylic acids is 2. The van der Waals surface area contributed by atoms with Crippen molar-refractivity contribution in [3.63, 3.8) is 0 Å². The molecule has 0 bridgehead atoms. The molecule has 3 N–H and O–H groups in total. The molecule has 8 nitrogen and oxygen atoms in total. The van der Waals surface area contributed by atoms with Gasteiger partial charge in [-0.25, -0.2) is 9.67 Å². The van der Waals surface area contributed by atoms with Gasteiger partial charge in [-0.05, 0) is 55.3 Å². The summed E-state index contributed by atoms with van der Waals surface area (Å²) in [6.45, 7) is 0.0666. The van der Waals surface area contributed by atoms with E-state index in [0.29, 0.717) is 16.4 Å². The smallest absolute Gasteiger partial charge is 0.243 e. The lowest BCUT2D eigenvalue weighted by molar-refractivity contribution is -0.117. The fraction of sp³-hybridized carbons (Fsp3) is 0.200. The molecule has 0 unspecified atom stereocenters. The zero-order valence-electron chi connectivity index (χ0n) is 15.4. The standard InChI is InChI=1S/C20H19ClN6O2/c21-14-3-8-18(27-12-22-11-24-27)17(9-14)26-19(28)10-23-15-4-6-16(7-5-15)25-20(29)13-1-2-13/h3-9,11-13,23H,1-2,10H2,(H,25,29)(H,26,28). The summed E-state index contributed by atoms with van der Waals surface area (Å²) in [6, 6.07) is 12.4. The molecule has 4 rings (SSSR count). The molecule has 148 valence electrons. The van der Waals surface area contributed by atoms with E-state index in [1.165, 1.54) is 6.33 Å². The van der Waals surface area contributed by atoms with Crippen molar-refractivity contribution in [1.29, 1.82) is 0 Å². The van der Waals surface area contributed by atoms with Crippen molar-refractivity contribution in [3.05, 3.63) is 60.1 Å². The summed E-state index contributed by atoms with van der Waals surface area (Å²) in [5, 5.41) is 13.4. The van der Waals surface area contributed by atoms with E-state index in [0.717, 1.165) is 24.2 Å². The fourth-order valence-electron chi connectivity index (χ4n) is 2.78. The summed E-state index contributed by atoms with van der Waals surface area (Å²) in [5.41, 5.74) is 2.71. The second-order valence-corrected chi connectivity index (χ2v) is 7.18. The van der Waals surface area contributed by atoms with Crippen LogP contribution in [0.25, 0.3) is 5.69 Å². The van der Waals surface area contributed by atoms with Gasteiger partial charge in [-0.3, -0.25) is 9.59 Å². The van der Waals surface area contributed by atoms with E-state index in [4.69, 9.17) is 11.6 Å². The first kappa shape index (κ1) is 18.9. The number of anilines is 3. The summed E-state index contributed by atoms with van der Waals surface area (Å²) in [4.78, 5) is 28.1. The Kier molecular flexibility index (Phi) is 5.44. The molecule has 2 aromatic carbocycles. The molecule has 29 heavy (non-hydrogen) atoms. The average Bonchev–Trinajstić information content (AvgIpc) is 3.43. The van der Waals surface area contributed by atoms with Crippen LogP contribution in [0.4, 0.5) is 17.1 Å². The maximum atomic E-state index is 12.4. The lowest BCUT2D eigenvalue weighted by Crippen LogP contribution is -2.22. The van der Waals surface area contributed by atoms with Crippen LogP contribution in [0.1, 0.15) is 12.8 Å². The molecular weight excluding hydrogens is 392 g/mol. The minimum atomic E-state index is -0.236. The van der Waals surface area contributed by atoms with E-state index in [9.17, 15) is 9.59 Å². The van der Waals surface area contributed by atoms with Gasteiger partial charge in [0.25, 0.3) is 0 Å². The minimum Gasteiger partial charge on any atom is -0.376 e. The van der Waals surface area contributed by atoms with Gasteiger partial charge in [0.2, 0.25) is 11.8 Å². The molecule has 9 heteroatoms. The quantitative estimate of drug-likeness (QED) is 0.554. The first-order valence-electron chi connectivity index (χ1n) is 9.18. The maximum Gasteiger partial charge on any atom is 0.243 e. The fourth-order valence-corrected chi connectivity index (χ4v) is 2.95. The van der Waals surface area contributed by atoms with E-state index in [1.54, 1.807) is 41.3 Å².